The molecule has 0 unspecified atom stereocenters. The van der Waals surface area contributed by atoms with Crippen molar-refractivity contribution in [2.24, 2.45) is 0 Å². The maximum Gasteiger partial charge on any atom is 0.183 e. The number of hydrogen-bond donors (Lipinski definition) is 1. The lowest BCUT2D eigenvalue weighted by Crippen LogP contribution is -1.99. The number of hydrogen-bond acceptors (Lipinski definition) is 4. The predicted molar refractivity (Wildman–Crippen MR) is 56.5 cm³/mol. The van der Waals surface area contributed by atoms with Crippen molar-refractivity contribution in [3.8, 4) is 11.5 Å². The number of rotatable bonds is 2. The van der Waals surface area contributed by atoms with Crippen LogP contribution in [0.15, 0.2) is 6.20 Å². The van der Waals surface area contributed by atoms with Crippen molar-refractivity contribution in [2.75, 3.05) is 0 Å². The smallest absolute Gasteiger partial charge is 0.183 e. The molecule has 0 aliphatic rings. The van der Waals surface area contributed by atoms with Crippen LogP contribution in [0.25, 0.3) is 11.5 Å². The fourth-order valence-electron chi connectivity index (χ4n) is 1.30. The second-order valence-corrected chi connectivity index (χ2v) is 3.48. The molecule has 5 nitrogen and oxygen atoms in total. The van der Waals surface area contributed by atoms with Gasteiger partial charge >= 0.3 is 0 Å². The summed E-state index contributed by atoms with van der Waals surface area (Å²) in [6, 6.07) is 0. The normalized spacial score (nSPS) is 10.6. The number of aromatic amines is 1. The molecule has 2 aromatic rings. The van der Waals surface area contributed by atoms with Gasteiger partial charge in [0.15, 0.2) is 5.82 Å². The molecular weight excluding hydrogens is 214 g/mol. The third-order valence-corrected chi connectivity index (χ3v) is 2.53. The van der Waals surface area contributed by atoms with Crippen molar-refractivity contribution in [3.63, 3.8) is 0 Å². The molecule has 1 N–H and O–H groups in total. The molecule has 0 aromatic carbocycles. The zero-order valence-corrected chi connectivity index (χ0v) is 9.21. The van der Waals surface area contributed by atoms with Gasteiger partial charge in [0, 0.05) is 11.3 Å². The molecule has 0 aliphatic heterocycles. The van der Waals surface area contributed by atoms with Crippen molar-refractivity contribution in [3.05, 3.63) is 22.6 Å². The number of nitrogens with one attached hydrogen (secondary N) is 1. The molecule has 0 bridgehead atoms. The van der Waals surface area contributed by atoms with E-state index in [1.807, 2.05) is 13.8 Å². The molecule has 2 heterocycles. The lowest BCUT2D eigenvalue weighted by molar-refractivity contribution is 0.930. The lowest BCUT2D eigenvalue weighted by Gasteiger charge is -2.05. The second kappa shape index (κ2) is 3.94. The summed E-state index contributed by atoms with van der Waals surface area (Å²) in [5.74, 6) is 0.510. The minimum absolute atomic E-state index is 0.472. The highest BCUT2D eigenvalue weighted by Crippen LogP contribution is 2.20. The van der Waals surface area contributed by atoms with Gasteiger partial charge in [0.2, 0.25) is 0 Å². The highest BCUT2D eigenvalue weighted by molar-refractivity contribution is 6.30. The Labute approximate surface area is 91.9 Å². The van der Waals surface area contributed by atoms with E-state index in [1.54, 1.807) is 6.20 Å². The first-order chi connectivity index (χ1) is 7.22. The highest BCUT2D eigenvalue weighted by Gasteiger charge is 2.10. The van der Waals surface area contributed by atoms with Crippen LogP contribution in [0.3, 0.4) is 0 Å². The average Bonchev–Trinajstić information content (AvgIpc) is 2.75. The Bertz CT molecular complexity index is 466. The van der Waals surface area contributed by atoms with Crippen LogP contribution in [-0.2, 0) is 6.42 Å². The Morgan fingerprint density at radius 1 is 1.40 bits per heavy atom. The summed E-state index contributed by atoms with van der Waals surface area (Å²) in [7, 11) is 0. The van der Waals surface area contributed by atoms with E-state index in [1.165, 1.54) is 0 Å². The molecule has 0 saturated heterocycles. The Hall–Kier alpha value is -1.49. The fraction of sp³-hybridized carbons (Fsp3) is 0.333. The number of aromatic nitrogens is 5. The van der Waals surface area contributed by atoms with Crippen LogP contribution in [0.1, 0.15) is 18.2 Å². The number of halogens is 1. The van der Waals surface area contributed by atoms with Gasteiger partial charge in [-0.2, -0.15) is 15.4 Å². The van der Waals surface area contributed by atoms with Gasteiger partial charge in [-0.3, -0.25) is 0 Å². The van der Waals surface area contributed by atoms with Crippen molar-refractivity contribution >= 4 is 11.6 Å². The topological polar surface area (TPSA) is 67.3 Å². The van der Waals surface area contributed by atoms with Crippen LogP contribution in [0, 0.1) is 6.92 Å². The van der Waals surface area contributed by atoms with Crippen molar-refractivity contribution in [1.82, 2.24) is 25.4 Å². The average molecular weight is 224 g/mol. The number of aryl methyl sites for hydroxylation is 1. The first-order valence-corrected chi connectivity index (χ1v) is 4.99. The Kier molecular flexibility index (Phi) is 2.64. The van der Waals surface area contributed by atoms with E-state index in [9.17, 15) is 0 Å². The SMILES string of the molecule is CCc1nc(-c2cn[nH]n2)nc(Cl)c1C. The van der Waals surface area contributed by atoms with E-state index < -0.39 is 0 Å². The van der Waals surface area contributed by atoms with Crippen LogP contribution in [0.5, 0.6) is 0 Å². The monoisotopic (exact) mass is 223 g/mol. The predicted octanol–water partition coefficient (Wildman–Crippen LogP) is 1.79. The van der Waals surface area contributed by atoms with Gasteiger partial charge in [-0.1, -0.05) is 18.5 Å². The Morgan fingerprint density at radius 2 is 2.20 bits per heavy atom. The standard InChI is InChI=1S/C9H10ClN5/c1-3-6-5(2)8(10)13-9(12-6)7-4-11-15-14-7/h4H,3H2,1-2H3,(H,11,14,15). The van der Waals surface area contributed by atoms with E-state index in [2.05, 4.69) is 25.4 Å². The molecular formula is C9H10ClN5. The third kappa shape index (κ3) is 1.83. The summed E-state index contributed by atoms with van der Waals surface area (Å²) in [4.78, 5) is 8.53. The minimum Gasteiger partial charge on any atom is -0.231 e. The van der Waals surface area contributed by atoms with Gasteiger partial charge in [-0.05, 0) is 13.3 Å². The maximum absolute atomic E-state index is 6.01. The minimum atomic E-state index is 0.472. The molecule has 0 radical (unpaired) electrons. The van der Waals surface area contributed by atoms with Crippen LogP contribution >= 0.6 is 11.6 Å². The van der Waals surface area contributed by atoms with E-state index in [0.29, 0.717) is 16.7 Å². The van der Waals surface area contributed by atoms with Crippen LogP contribution in [0.4, 0.5) is 0 Å². The largest absolute Gasteiger partial charge is 0.231 e. The zero-order chi connectivity index (χ0) is 10.8. The molecule has 6 heteroatoms. The van der Waals surface area contributed by atoms with E-state index in [4.69, 9.17) is 11.6 Å². The summed E-state index contributed by atoms with van der Waals surface area (Å²) in [5, 5.41) is 10.6. The van der Waals surface area contributed by atoms with Crippen molar-refractivity contribution in [2.45, 2.75) is 20.3 Å². The first-order valence-electron chi connectivity index (χ1n) is 4.61. The lowest BCUT2D eigenvalue weighted by atomic mass is 10.2. The van der Waals surface area contributed by atoms with Gasteiger partial charge in [-0.25, -0.2) is 9.97 Å². The summed E-state index contributed by atoms with van der Waals surface area (Å²) in [6.45, 7) is 3.94. The third-order valence-electron chi connectivity index (χ3n) is 2.17. The zero-order valence-electron chi connectivity index (χ0n) is 8.45. The Balaban J connectivity index is 2.55. The highest BCUT2D eigenvalue weighted by atomic mass is 35.5. The summed E-state index contributed by atoms with van der Waals surface area (Å²) in [6.07, 6.45) is 2.39. The van der Waals surface area contributed by atoms with E-state index in [-0.39, 0.29) is 0 Å². The van der Waals surface area contributed by atoms with Gasteiger partial charge in [0.05, 0.1) is 6.20 Å². The molecule has 2 rings (SSSR count). The second-order valence-electron chi connectivity index (χ2n) is 3.12. The van der Waals surface area contributed by atoms with Gasteiger partial charge < -0.3 is 0 Å². The first kappa shape index (κ1) is 10.0. The molecule has 0 fully saturated rings. The molecule has 78 valence electrons. The molecule has 0 saturated carbocycles. The molecule has 0 atom stereocenters. The molecule has 0 amide bonds. The summed E-state index contributed by atoms with van der Waals surface area (Å²) >= 11 is 6.01. The quantitative estimate of drug-likeness (QED) is 0.789. The van der Waals surface area contributed by atoms with Crippen LogP contribution in [-0.4, -0.2) is 25.4 Å². The van der Waals surface area contributed by atoms with Crippen LogP contribution < -0.4 is 0 Å². The summed E-state index contributed by atoms with van der Waals surface area (Å²) < 4.78 is 0. The maximum atomic E-state index is 6.01. The molecule has 15 heavy (non-hydrogen) atoms. The molecule has 0 aliphatic carbocycles. The fourth-order valence-corrected chi connectivity index (χ4v) is 1.49. The summed E-state index contributed by atoms with van der Waals surface area (Å²) in [5.41, 5.74) is 2.46. The van der Waals surface area contributed by atoms with Gasteiger partial charge in [0.25, 0.3) is 0 Å². The van der Waals surface area contributed by atoms with E-state index >= 15 is 0 Å². The number of nitrogens with zero attached hydrogens (tertiary/aromatic N) is 4. The van der Waals surface area contributed by atoms with Gasteiger partial charge in [-0.15, -0.1) is 0 Å². The molecule has 0 spiro atoms. The van der Waals surface area contributed by atoms with Crippen LogP contribution in [0.2, 0.25) is 5.15 Å². The van der Waals surface area contributed by atoms with Crippen molar-refractivity contribution in [1.29, 1.82) is 0 Å². The number of H-pyrrole nitrogens is 1. The van der Waals surface area contributed by atoms with Gasteiger partial charge in [0.1, 0.15) is 10.8 Å². The van der Waals surface area contributed by atoms with E-state index in [0.717, 1.165) is 17.7 Å². The van der Waals surface area contributed by atoms with Crippen molar-refractivity contribution < 1.29 is 0 Å². The molecule has 2 aromatic heterocycles. The Morgan fingerprint density at radius 3 is 2.80 bits per heavy atom.